The predicted molar refractivity (Wildman–Crippen MR) is 260 cm³/mol. The number of hydrogen-bond acceptors (Lipinski definition) is 15. The Labute approximate surface area is 408 Å². The van der Waals surface area contributed by atoms with E-state index in [1.165, 1.54) is 48.5 Å². The average Bonchev–Trinajstić information content (AvgIpc) is 3.30. The minimum absolute atomic E-state index is 0.00882. The molecule has 3 aromatic rings. The van der Waals surface area contributed by atoms with Crippen molar-refractivity contribution in [2.45, 2.75) is 84.1 Å². The van der Waals surface area contributed by atoms with Crippen molar-refractivity contribution in [1.29, 1.82) is 0 Å². The summed E-state index contributed by atoms with van der Waals surface area (Å²) < 4.78 is 17.6. The molecule has 3 rings (SSSR count). The Balaban J connectivity index is 0.00000189. The van der Waals surface area contributed by atoms with Crippen LogP contribution in [0.25, 0.3) is 0 Å². The molecule has 0 unspecified atom stereocenters. The van der Waals surface area contributed by atoms with Gasteiger partial charge in [-0.05, 0) is 79.2 Å². The van der Waals surface area contributed by atoms with Crippen LogP contribution in [0.3, 0.4) is 0 Å². The first-order valence-electron chi connectivity index (χ1n) is 22.8. The molecule has 0 saturated heterocycles. The number of rotatable bonds is 31. The molecule has 0 radical (unpaired) electrons. The molecule has 0 spiro atoms. The van der Waals surface area contributed by atoms with Crippen molar-refractivity contribution in [2.75, 3.05) is 75.6 Å². The largest absolute Gasteiger partial charge is 0.508 e. The lowest BCUT2D eigenvalue weighted by molar-refractivity contribution is -0.131. The second-order valence-electron chi connectivity index (χ2n) is 17.0. The van der Waals surface area contributed by atoms with Gasteiger partial charge in [0.05, 0.1) is 39.6 Å². The molecule has 6 amide bonds. The zero-order valence-corrected chi connectivity index (χ0v) is 40.1. The van der Waals surface area contributed by atoms with Gasteiger partial charge in [0.25, 0.3) is 0 Å². The summed E-state index contributed by atoms with van der Waals surface area (Å²) in [6.45, 7) is 4.69. The van der Waals surface area contributed by atoms with Gasteiger partial charge in [-0.2, -0.15) is 0 Å². The van der Waals surface area contributed by atoms with Gasteiger partial charge in [0.1, 0.15) is 34.9 Å². The SMILES string of the molecule is CC(C)(C)C(=O)CCCC(=O)NC(COCCC(=O)NCCC=O)(COCCC(=O)NCCC(=O)Nc1ccc(O)cc1)COCCC(=O)NCCC(=O)Nc1ccc(O)cc1.Nc1ccc(O)cc1. The zero-order valence-electron chi connectivity index (χ0n) is 40.1. The third-order valence-electron chi connectivity index (χ3n) is 9.73. The Hall–Kier alpha value is -7.10. The number of phenols is 3. The van der Waals surface area contributed by atoms with Crippen LogP contribution in [-0.2, 0) is 52.6 Å². The van der Waals surface area contributed by atoms with Crippen LogP contribution < -0.4 is 37.6 Å². The van der Waals surface area contributed by atoms with Gasteiger partial charge in [0.15, 0.2) is 0 Å². The summed E-state index contributed by atoms with van der Waals surface area (Å²) in [5, 5.41) is 43.6. The van der Waals surface area contributed by atoms with Crippen LogP contribution >= 0.6 is 0 Å². The quantitative estimate of drug-likeness (QED) is 0.0192. The first kappa shape index (κ1) is 59.0. The van der Waals surface area contributed by atoms with Crippen LogP contribution in [0.1, 0.15) is 78.6 Å². The molecular formula is C49H69N7O14. The molecule has 0 atom stereocenters. The molecule has 0 fully saturated rings. The summed E-state index contributed by atoms with van der Waals surface area (Å²) >= 11 is 0. The number of phenolic OH excluding ortho intramolecular Hbond substituents is 3. The molecule has 21 nitrogen and oxygen atoms in total. The number of aldehydes is 1. The van der Waals surface area contributed by atoms with Crippen molar-refractivity contribution in [2.24, 2.45) is 5.41 Å². The zero-order chi connectivity index (χ0) is 51.8. The summed E-state index contributed by atoms with van der Waals surface area (Å²) in [7, 11) is 0. The number of nitrogens with one attached hydrogen (secondary N) is 6. The number of ether oxygens (including phenoxy) is 3. The summed E-state index contributed by atoms with van der Waals surface area (Å²) in [6, 6.07) is 18.3. The normalized spacial score (nSPS) is 11.0. The first-order chi connectivity index (χ1) is 33.3. The number of Topliss-reactive ketones (excluding diaryl/α,β-unsaturated/α-hetero) is 1. The van der Waals surface area contributed by atoms with Gasteiger partial charge in [-0.25, -0.2) is 0 Å². The Bertz CT molecular complexity index is 1990. The monoisotopic (exact) mass is 979 g/mol. The van der Waals surface area contributed by atoms with Gasteiger partial charge in [-0.3, -0.25) is 33.6 Å². The number of amides is 6. The van der Waals surface area contributed by atoms with Gasteiger partial charge < -0.3 is 72.0 Å². The molecule has 70 heavy (non-hydrogen) atoms. The average molecular weight is 980 g/mol. The van der Waals surface area contributed by atoms with E-state index >= 15 is 0 Å². The number of benzene rings is 3. The van der Waals surface area contributed by atoms with Crippen molar-refractivity contribution in [3.8, 4) is 17.2 Å². The van der Waals surface area contributed by atoms with E-state index in [-0.39, 0.29) is 158 Å². The van der Waals surface area contributed by atoms with Crippen LogP contribution in [0.4, 0.5) is 17.1 Å². The summed E-state index contributed by atoms with van der Waals surface area (Å²) in [5.74, 6) is -1.95. The molecule has 0 aliphatic rings. The predicted octanol–water partition coefficient (Wildman–Crippen LogP) is 3.23. The van der Waals surface area contributed by atoms with Crippen molar-refractivity contribution in [3.05, 3.63) is 72.8 Å². The number of hydrogen-bond donors (Lipinski definition) is 10. The second kappa shape index (κ2) is 32.6. The van der Waals surface area contributed by atoms with E-state index in [4.69, 9.17) is 25.1 Å². The van der Waals surface area contributed by atoms with Crippen molar-refractivity contribution >= 4 is 64.6 Å². The molecule has 11 N–H and O–H groups in total. The third kappa shape index (κ3) is 27.6. The molecule has 0 heterocycles. The van der Waals surface area contributed by atoms with E-state index < -0.39 is 28.7 Å². The van der Waals surface area contributed by atoms with E-state index in [2.05, 4.69) is 31.9 Å². The summed E-state index contributed by atoms with van der Waals surface area (Å²) in [4.78, 5) is 98.4. The van der Waals surface area contributed by atoms with Crippen LogP contribution in [0.15, 0.2) is 72.8 Å². The van der Waals surface area contributed by atoms with Crippen molar-refractivity contribution in [3.63, 3.8) is 0 Å². The van der Waals surface area contributed by atoms with E-state index in [1.807, 2.05) is 0 Å². The number of carbonyl (C=O) groups is 8. The van der Waals surface area contributed by atoms with Gasteiger partial charge in [0, 0.05) is 93.5 Å². The Morgan fingerprint density at radius 2 is 0.900 bits per heavy atom. The number of carbonyl (C=O) groups excluding carboxylic acids is 8. The molecule has 0 aliphatic carbocycles. The van der Waals surface area contributed by atoms with Crippen molar-refractivity contribution in [1.82, 2.24) is 21.3 Å². The number of anilines is 3. The maximum atomic E-state index is 13.4. The van der Waals surface area contributed by atoms with Crippen LogP contribution in [-0.4, -0.2) is 128 Å². The molecular weight excluding hydrogens is 911 g/mol. The molecule has 0 saturated carbocycles. The Morgan fingerprint density at radius 3 is 1.27 bits per heavy atom. The molecule has 3 aromatic carbocycles. The lowest BCUT2D eigenvalue weighted by atomic mass is 9.88. The second-order valence-corrected chi connectivity index (χ2v) is 17.0. The highest BCUT2D eigenvalue weighted by Gasteiger charge is 2.34. The fourth-order valence-corrected chi connectivity index (χ4v) is 5.85. The van der Waals surface area contributed by atoms with E-state index in [0.717, 1.165) is 0 Å². The highest BCUT2D eigenvalue weighted by Crippen LogP contribution is 2.19. The topological polar surface area (TPSA) is 323 Å². The van der Waals surface area contributed by atoms with Crippen LogP contribution in [0.5, 0.6) is 17.2 Å². The highest BCUT2D eigenvalue weighted by molar-refractivity contribution is 5.92. The molecule has 0 aromatic heterocycles. The minimum atomic E-state index is -1.38. The maximum absolute atomic E-state index is 13.4. The minimum Gasteiger partial charge on any atom is -0.508 e. The standard InChI is InChI=1S/C43H62N6O13.C6H7NO/c1-42(2,3)35(53)6-4-7-41(59)49-43(28-60-25-18-36(54)44-21-5-24-50,29-61-26-19-37(55)45-22-16-39(57)47-31-8-12-33(51)13-9-31)30-62-27-20-38(56)46-23-17-40(58)48-32-10-14-34(52)15-11-32;7-5-1-3-6(8)4-2-5/h8-15,24,51-52H,4-7,16-23,25-30H2,1-3H3,(H,44,54)(H,45,55)(H,46,56)(H,47,57)(H,48,58)(H,49,59);1-4,8H,7H2. The molecule has 0 bridgehead atoms. The fraction of sp³-hybridized carbons (Fsp3) is 0.469. The van der Waals surface area contributed by atoms with Gasteiger partial charge in [0.2, 0.25) is 35.4 Å². The Kier molecular flexibility index (Phi) is 27.5. The molecule has 384 valence electrons. The summed E-state index contributed by atoms with van der Waals surface area (Å²) in [5.41, 5.74) is 5.00. The lowest BCUT2D eigenvalue weighted by Crippen LogP contribution is -2.58. The fourth-order valence-electron chi connectivity index (χ4n) is 5.85. The van der Waals surface area contributed by atoms with Crippen LogP contribution in [0, 0.1) is 5.41 Å². The Morgan fingerprint density at radius 1 is 0.514 bits per heavy atom. The van der Waals surface area contributed by atoms with Crippen LogP contribution in [0.2, 0.25) is 0 Å². The lowest BCUT2D eigenvalue weighted by Gasteiger charge is -2.34. The number of aromatic hydroxyl groups is 3. The summed E-state index contributed by atoms with van der Waals surface area (Å²) in [6.07, 6.45) is 0.969. The van der Waals surface area contributed by atoms with Gasteiger partial charge in [-0.1, -0.05) is 20.8 Å². The highest BCUT2D eigenvalue weighted by atomic mass is 16.5. The van der Waals surface area contributed by atoms with E-state index in [1.54, 1.807) is 45.0 Å². The van der Waals surface area contributed by atoms with E-state index in [9.17, 15) is 48.6 Å². The maximum Gasteiger partial charge on any atom is 0.226 e. The number of ketones is 1. The van der Waals surface area contributed by atoms with Crippen molar-refractivity contribution < 1.29 is 67.9 Å². The molecule has 0 aliphatic heterocycles. The number of nitrogen functional groups attached to an aromatic ring is 1. The number of nitrogens with two attached hydrogens (primary N) is 1. The van der Waals surface area contributed by atoms with Gasteiger partial charge in [-0.15, -0.1) is 0 Å². The smallest absolute Gasteiger partial charge is 0.226 e. The van der Waals surface area contributed by atoms with E-state index in [0.29, 0.717) is 23.3 Å². The molecule has 21 heteroatoms. The third-order valence-corrected chi connectivity index (χ3v) is 9.73. The first-order valence-corrected chi connectivity index (χ1v) is 22.8. The van der Waals surface area contributed by atoms with Gasteiger partial charge >= 0.3 is 0 Å².